The summed E-state index contributed by atoms with van der Waals surface area (Å²) in [7, 11) is 0. The molecule has 2 heterocycles. The first-order valence-corrected chi connectivity index (χ1v) is 7.89. The summed E-state index contributed by atoms with van der Waals surface area (Å²) >= 11 is 0. The van der Waals surface area contributed by atoms with Gasteiger partial charge in [-0.3, -0.25) is 0 Å². The van der Waals surface area contributed by atoms with Crippen LogP contribution in [0.2, 0.25) is 0 Å². The Kier molecular flexibility index (Phi) is 5.40. The molecule has 13 heteroatoms. The number of H-pyrrole nitrogens is 1. The van der Waals surface area contributed by atoms with Gasteiger partial charge in [-0.05, 0) is 40.6 Å². The quantitative estimate of drug-likeness (QED) is 0.500. The van der Waals surface area contributed by atoms with Crippen molar-refractivity contribution in [2.45, 2.75) is 25.4 Å². The highest BCUT2D eigenvalue weighted by molar-refractivity contribution is 5.38. The van der Waals surface area contributed by atoms with Gasteiger partial charge in [-0.1, -0.05) is 11.2 Å². The highest BCUT2D eigenvalue weighted by atomic mass is 19.4. The van der Waals surface area contributed by atoms with Gasteiger partial charge in [0, 0.05) is 19.3 Å². The summed E-state index contributed by atoms with van der Waals surface area (Å²) in [5.74, 6) is -0.812. The Labute approximate surface area is 158 Å². The zero-order valence-electron chi connectivity index (χ0n) is 14.3. The molecule has 154 valence electrons. The lowest BCUT2D eigenvalue weighted by Crippen LogP contribution is -2.24. The van der Waals surface area contributed by atoms with Crippen LogP contribution in [0.4, 0.5) is 36.7 Å². The molecule has 1 aromatic carbocycles. The second-order valence-electron chi connectivity index (χ2n) is 5.97. The molecule has 0 aliphatic heterocycles. The Bertz CT molecular complexity index is 919. The molecule has 0 aliphatic rings. The van der Waals surface area contributed by atoms with E-state index in [1.165, 1.54) is 17.2 Å². The summed E-state index contributed by atoms with van der Waals surface area (Å²) in [6.45, 7) is -0.464. The van der Waals surface area contributed by atoms with Crippen LogP contribution in [0, 0.1) is 5.95 Å². The number of hydrogen-bond donors (Lipinski definition) is 1. The first kappa shape index (κ1) is 20.5. The van der Waals surface area contributed by atoms with Gasteiger partial charge >= 0.3 is 12.4 Å². The van der Waals surface area contributed by atoms with Crippen molar-refractivity contribution in [2.75, 3.05) is 4.90 Å². The van der Waals surface area contributed by atoms with Crippen molar-refractivity contribution in [1.29, 1.82) is 0 Å². The number of rotatable bonds is 5. The van der Waals surface area contributed by atoms with Crippen LogP contribution in [0.5, 0.6) is 0 Å². The van der Waals surface area contributed by atoms with Crippen molar-refractivity contribution in [1.82, 2.24) is 25.6 Å². The Morgan fingerprint density at radius 2 is 1.48 bits per heavy atom. The van der Waals surface area contributed by atoms with Crippen molar-refractivity contribution in [3.63, 3.8) is 0 Å². The fourth-order valence-electron chi connectivity index (χ4n) is 2.54. The molecule has 0 saturated carbocycles. The number of hydrogen-bond acceptors (Lipinski definition) is 5. The van der Waals surface area contributed by atoms with E-state index in [2.05, 4.69) is 25.6 Å². The monoisotopic (exact) mass is 420 g/mol. The molecule has 29 heavy (non-hydrogen) atoms. The summed E-state index contributed by atoms with van der Waals surface area (Å²) in [5.41, 5.74) is -2.70. The Morgan fingerprint density at radius 3 is 1.97 bits per heavy atom. The Morgan fingerprint density at radius 1 is 0.862 bits per heavy atom. The van der Waals surface area contributed by atoms with Gasteiger partial charge in [0.1, 0.15) is 0 Å². The van der Waals surface area contributed by atoms with E-state index < -0.39 is 36.0 Å². The Balaban J connectivity index is 1.97. The number of pyridine rings is 1. The third-order valence-electron chi connectivity index (χ3n) is 3.80. The second-order valence-corrected chi connectivity index (χ2v) is 5.97. The van der Waals surface area contributed by atoms with Crippen molar-refractivity contribution in [3.05, 3.63) is 64.7 Å². The molecule has 0 spiro atoms. The van der Waals surface area contributed by atoms with Crippen molar-refractivity contribution >= 4 is 5.95 Å². The third-order valence-corrected chi connectivity index (χ3v) is 3.80. The molecule has 3 aromatic rings. The fourth-order valence-corrected chi connectivity index (χ4v) is 2.54. The third kappa shape index (κ3) is 5.18. The van der Waals surface area contributed by atoms with Gasteiger partial charge in [-0.25, -0.2) is 4.98 Å². The number of aromatic amines is 1. The van der Waals surface area contributed by atoms with E-state index in [9.17, 15) is 30.7 Å². The zero-order valence-corrected chi connectivity index (χ0v) is 14.3. The molecular weight excluding hydrogens is 409 g/mol. The van der Waals surface area contributed by atoms with Gasteiger partial charge in [0.15, 0.2) is 0 Å². The Hall–Kier alpha value is -3.25. The average molecular weight is 420 g/mol. The van der Waals surface area contributed by atoms with Crippen molar-refractivity contribution < 1.29 is 30.7 Å². The summed E-state index contributed by atoms with van der Waals surface area (Å²) < 4.78 is 91.4. The molecule has 0 amide bonds. The molecule has 0 bridgehead atoms. The predicted molar refractivity (Wildman–Crippen MR) is 84.7 cm³/mol. The largest absolute Gasteiger partial charge is 0.416 e. The number of halogens is 7. The minimum absolute atomic E-state index is 0.0477. The van der Waals surface area contributed by atoms with Gasteiger partial charge in [0.25, 0.3) is 5.95 Å². The molecule has 1 N–H and O–H groups in total. The van der Waals surface area contributed by atoms with E-state index in [4.69, 9.17) is 0 Å². The zero-order chi connectivity index (χ0) is 21.2. The molecule has 2 aromatic heterocycles. The van der Waals surface area contributed by atoms with Crippen LogP contribution in [-0.2, 0) is 25.4 Å². The van der Waals surface area contributed by atoms with Crippen LogP contribution >= 0.6 is 0 Å². The lowest BCUT2D eigenvalue weighted by atomic mass is 10.0. The first-order valence-electron chi connectivity index (χ1n) is 7.89. The normalized spacial score (nSPS) is 12.2. The van der Waals surface area contributed by atoms with Gasteiger partial charge in [-0.2, -0.15) is 35.9 Å². The standard InChI is InChI=1S/C16H11F7N6/c17-13-2-1-9(6-24-13)7-29(14-25-27-28-26-14)8-10-3-11(15(18,19)20)5-12(4-10)16(21,22)23/h1-6H,7-8H2,(H,25,26,27,28). The number of anilines is 1. The van der Waals surface area contributed by atoms with E-state index in [0.29, 0.717) is 17.7 Å². The number of nitrogens with one attached hydrogen (secondary N) is 1. The highest BCUT2D eigenvalue weighted by Crippen LogP contribution is 2.36. The summed E-state index contributed by atoms with van der Waals surface area (Å²) in [4.78, 5) is 4.73. The molecule has 0 fully saturated rings. The molecule has 3 rings (SSSR count). The maximum absolute atomic E-state index is 13.1. The lowest BCUT2D eigenvalue weighted by molar-refractivity contribution is -0.143. The van der Waals surface area contributed by atoms with Crippen LogP contribution in [0.25, 0.3) is 0 Å². The predicted octanol–water partition coefficient (Wildman–Crippen LogP) is 3.98. The molecule has 0 unspecified atom stereocenters. The first-order chi connectivity index (χ1) is 13.5. The van der Waals surface area contributed by atoms with Crippen LogP contribution in [0.3, 0.4) is 0 Å². The SMILES string of the molecule is Fc1ccc(CN(Cc2cc(C(F)(F)F)cc(C(F)(F)F)c2)c2nn[nH]n2)cn1. The number of aromatic nitrogens is 5. The molecule has 0 saturated heterocycles. The van der Waals surface area contributed by atoms with Crippen molar-refractivity contribution in [2.24, 2.45) is 0 Å². The molecule has 0 aliphatic carbocycles. The van der Waals surface area contributed by atoms with Crippen LogP contribution in [0.1, 0.15) is 22.3 Å². The van der Waals surface area contributed by atoms with Gasteiger partial charge in [-0.15, -0.1) is 5.10 Å². The number of tetrazole rings is 1. The minimum atomic E-state index is -4.96. The molecule has 6 nitrogen and oxygen atoms in total. The van der Waals surface area contributed by atoms with E-state index in [1.54, 1.807) is 0 Å². The van der Waals surface area contributed by atoms with Crippen molar-refractivity contribution in [3.8, 4) is 0 Å². The average Bonchev–Trinajstić information content (AvgIpc) is 3.16. The second kappa shape index (κ2) is 7.64. The topological polar surface area (TPSA) is 70.6 Å². The number of nitrogens with zero attached hydrogens (tertiary/aromatic N) is 5. The van der Waals surface area contributed by atoms with Crippen LogP contribution in [-0.4, -0.2) is 25.6 Å². The molecule has 0 radical (unpaired) electrons. The lowest BCUT2D eigenvalue weighted by Gasteiger charge is -2.22. The molecule has 0 atom stereocenters. The van der Waals surface area contributed by atoms with E-state index >= 15 is 0 Å². The summed E-state index contributed by atoms with van der Waals surface area (Å²) in [6.07, 6.45) is -8.75. The number of benzene rings is 1. The summed E-state index contributed by atoms with van der Waals surface area (Å²) in [6, 6.07) is 3.71. The van der Waals surface area contributed by atoms with Gasteiger partial charge in [0.05, 0.1) is 11.1 Å². The smallest absolute Gasteiger partial charge is 0.329 e. The van der Waals surface area contributed by atoms with Gasteiger partial charge < -0.3 is 4.90 Å². The van der Waals surface area contributed by atoms with E-state index in [0.717, 1.165) is 6.07 Å². The highest BCUT2D eigenvalue weighted by Gasteiger charge is 2.37. The van der Waals surface area contributed by atoms with E-state index in [1.807, 2.05) is 0 Å². The van der Waals surface area contributed by atoms with Gasteiger partial charge in [0.2, 0.25) is 5.95 Å². The maximum atomic E-state index is 13.1. The van der Waals surface area contributed by atoms with Crippen LogP contribution in [0.15, 0.2) is 36.5 Å². The number of alkyl halides is 6. The van der Waals surface area contributed by atoms with E-state index in [-0.39, 0.29) is 24.1 Å². The molecular formula is C16H11F7N6. The fraction of sp³-hybridized carbons (Fsp3) is 0.250. The van der Waals surface area contributed by atoms with Crippen LogP contribution < -0.4 is 4.90 Å². The minimum Gasteiger partial charge on any atom is -0.329 e. The summed E-state index contributed by atoms with van der Waals surface area (Å²) in [5, 5.41) is 12.9. The maximum Gasteiger partial charge on any atom is 0.416 e.